The number of hydrogen-bond acceptors (Lipinski definition) is 3. The number of rotatable bonds is 8. The van der Waals surface area contributed by atoms with Crippen molar-refractivity contribution < 1.29 is 8.42 Å². The smallest absolute Gasteiger partial charge is 0.215 e. The van der Waals surface area contributed by atoms with E-state index in [1.54, 1.807) is 4.31 Å². The molecule has 4 nitrogen and oxygen atoms in total. The van der Waals surface area contributed by atoms with E-state index in [4.69, 9.17) is 5.73 Å². The van der Waals surface area contributed by atoms with Gasteiger partial charge in [-0.2, -0.15) is 0 Å². The van der Waals surface area contributed by atoms with Crippen molar-refractivity contribution in [2.24, 2.45) is 11.7 Å². The van der Waals surface area contributed by atoms with Crippen LogP contribution in [-0.4, -0.2) is 37.6 Å². The molecule has 96 valence electrons. The summed E-state index contributed by atoms with van der Waals surface area (Å²) in [6.07, 6.45) is 3.91. The van der Waals surface area contributed by atoms with E-state index in [0.29, 0.717) is 19.0 Å². The van der Waals surface area contributed by atoms with Crippen LogP contribution in [0.5, 0.6) is 0 Å². The topological polar surface area (TPSA) is 63.4 Å². The van der Waals surface area contributed by atoms with E-state index in [0.717, 1.165) is 25.7 Å². The average Bonchev–Trinajstić information content (AvgIpc) is 2.99. The Morgan fingerprint density at radius 2 is 1.75 bits per heavy atom. The maximum Gasteiger partial charge on any atom is 0.215 e. The zero-order valence-corrected chi connectivity index (χ0v) is 11.2. The molecule has 1 fully saturated rings. The minimum Gasteiger partial charge on any atom is -0.326 e. The molecule has 0 aromatic rings. The predicted octanol–water partition coefficient (Wildman–Crippen LogP) is 1.18. The molecule has 5 heteroatoms. The summed E-state index contributed by atoms with van der Waals surface area (Å²) in [7, 11) is -3.14. The molecule has 0 heterocycles. The Morgan fingerprint density at radius 3 is 2.12 bits per heavy atom. The molecule has 1 aliphatic carbocycles. The fourth-order valence-corrected chi connectivity index (χ4v) is 3.79. The van der Waals surface area contributed by atoms with E-state index < -0.39 is 10.0 Å². The second kappa shape index (κ2) is 5.98. The van der Waals surface area contributed by atoms with Crippen molar-refractivity contribution in [3.63, 3.8) is 0 Å². The largest absolute Gasteiger partial charge is 0.326 e. The lowest BCUT2D eigenvalue weighted by molar-refractivity contribution is 0.406. The SMILES string of the molecule is CCCN(CCC)S(=O)(=O)CC(N)C1CC1. The summed E-state index contributed by atoms with van der Waals surface area (Å²) in [4.78, 5) is 0. The second-order valence-corrected chi connectivity index (χ2v) is 6.69. The van der Waals surface area contributed by atoms with Gasteiger partial charge in [0.15, 0.2) is 0 Å². The van der Waals surface area contributed by atoms with E-state index in [-0.39, 0.29) is 11.8 Å². The molecule has 1 saturated carbocycles. The van der Waals surface area contributed by atoms with Crippen molar-refractivity contribution in [3.05, 3.63) is 0 Å². The quantitative estimate of drug-likeness (QED) is 0.701. The molecule has 0 aliphatic heterocycles. The van der Waals surface area contributed by atoms with Crippen LogP contribution < -0.4 is 5.73 Å². The van der Waals surface area contributed by atoms with Crippen molar-refractivity contribution >= 4 is 10.0 Å². The molecule has 0 radical (unpaired) electrons. The van der Waals surface area contributed by atoms with Gasteiger partial charge in [0.25, 0.3) is 0 Å². The highest BCUT2D eigenvalue weighted by atomic mass is 32.2. The Labute approximate surface area is 99.2 Å². The van der Waals surface area contributed by atoms with Crippen molar-refractivity contribution in [1.29, 1.82) is 0 Å². The molecular formula is C11H24N2O2S. The van der Waals surface area contributed by atoms with E-state index in [9.17, 15) is 8.42 Å². The van der Waals surface area contributed by atoms with Crippen LogP contribution in [0.4, 0.5) is 0 Å². The van der Waals surface area contributed by atoms with Crippen LogP contribution in [0.1, 0.15) is 39.5 Å². The van der Waals surface area contributed by atoms with Gasteiger partial charge in [-0.3, -0.25) is 0 Å². The van der Waals surface area contributed by atoms with Crippen LogP contribution >= 0.6 is 0 Å². The Bertz CT molecular complexity index is 293. The maximum absolute atomic E-state index is 12.1. The lowest BCUT2D eigenvalue weighted by Gasteiger charge is -2.22. The summed E-state index contributed by atoms with van der Waals surface area (Å²) in [6.45, 7) is 5.24. The first-order valence-electron chi connectivity index (χ1n) is 6.24. The van der Waals surface area contributed by atoms with Gasteiger partial charge in [0.05, 0.1) is 5.75 Å². The highest BCUT2D eigenvalue weighted by molar-refractivity contribution is 7.89. The van der Waals surface area contributed by atoms with Gasteiger partial charge in [0, 0.05) is 19.1 Å². The lowest BCUT2D eigenvalue weighted by atomic mass is 10.2. The van der Waals surface area contributed by atoms with E-state index >= 15 is 0 Å². The summed E-state index contributed by atoms with van der Waals surface area (Å²) in [5, 5.41) is 0. The minimum atomic E-state index is -3.14. The summed E-state index contributed by atoms with van der Waals surface area (Å²) in [5.74, 6) is 0.567. The highest BCUT2D eigenvalue weighted by Gasteiger charge is 2.33. The molecule has 1 atom stereocenters. The molecule has 0 spiro atoms. The maximum atomic E-state index is 12.1. The molecule has 1 unspecified atom stereocenters. The van der Waals surface area contributed by atoms with Crippen molar-refractivity contribution in [2.75, 3.05) is 18.8 Å². The molecule has 16 heavy (non-hydrogen) atoms. The number of hydrogen-bond donors (Lipinski definition) is 1. The molecule has 1 aliphatic rings. The Kier molecular flexibility index (Phi) is 5.21. The third-order valence-corrected chi connectivity index (χ3v) is 4.93. The van der Waals surface area contributed by atoms with Crippen LogP contribution in [0.25, 0.3) is 0 Å². The van der Waals surface area contributed by atoms with Crippen LogP contribution in [0.2, 0.25) is 0 Å². The molecular weight excluding hydrogens is 224 g/mol. The van der Waals surface area contributed by atoms with Gasteiger partial charge in [-0.05, 0) is 31.6 Å². The summed E-state index contributed by atoms with van der Waals surface area (Å²) < 4.78 is 25.8. The van der Waals surface area contributed by atoms with E-state index in [1.165, 1.54) is 0 Å². The zero-order valence-electron chi connectivity index (χ0n) is 10.4. The van der Waals surface area contributed by atoms with Crippen LogP contribution in [0.15, 0.2) is 0 Å². The predicted molar refractivity (Wildman–Crippen MR) is 66.6 cm³/mol. The van der Waals surface area contributed by atoms with Gasteiger partial charge in [-0.15, -0.1) is 0 Å². The first-order valence-corrected chi connectivity index (χ1v) is 7.85. The van der Waals surface area contributed by atoms with Gasteiger partial charge >= 0.3 is 0 Å². The van der Waals surface area contributed by atoms with E-state index in [1.807, 2.05) is 13.8 Å². The zero-order chi connectivity index (χ0) is 12.2. The van der Waals surface area contributed by atoms with Crippen molar-refractivity contribution in [2.45, 2.75) is 45.6 Å². The normalized spacial score (nSPS) is 19.0. The molecule has 0 bridgehead atoms. The van der Waals surface area contributed by atoms with Gasteiger partial charge in [0.2, 0.25) is 10.0 Å². The van der Waals surface area contributed by atoms with Crippen LogP contribution in [-0.2, 0) is 10.0 Å². The van der Waals surface area contributed by atoms with E-state index in [2.05, 4.69) is 0 Å². The minimum absolute atomic E-state index is 0.123. The fourth-order valence-electron chi connectivity index (χ4n) is 1.90. The van der Waals surface area contributed by atoms with Gasteiger partial charge in [-0.25, -0.2) is 12.7 Å². The second-order valence-electron chi connectivity index (χ2n) is 4.68. The summed E-state index contributed by atoms with van der Waals surface area (Å²) >= 11 is 0. The average molecular weight is 248 g/mol. The Morgan fingerprint density at radius 1 is 1.25 bits per heavy atom. The molecule has 1 rings (SSSR count). The third-order valence-electron chi connectivity index (χ3n) is 2.97. The standard InChI is InChI=1S/C11H24N2O2S/c1-3-7-13(8-4-2)16(14,15)9-11(12)10-5-6-10/h10-11H,3-9,12H2,1-2H3. The lowest BCUT2D eigenvalue weighted by Crippen LogP contribution is -2.41. The third kappa shape index (κ3) is 4.03. The molecule has 0 saturated heterocycles. The molecule has 0 amide bonds. The molecule has 0 aromatic heterocycles. The van der Waals surface area contributed by atoms with Gasteiger partial charge < -0.3 is 5.73 Å². The molecule has 0 aromatic carbocycles. The van der Waals surface area contributed by atoms with Gasteiger partial charge in [0.1, 0.15) is 0 Å². The molecule has 2 N–H and O–H groups in total. The highest BCUT2D eigenvalue weighted by Crippen LogP contribution is 2.32. The number of nitrogens with two attached hydrogens (primary N) is 1. The van der Waals surface area contributed by atoms with Crippen LogP contribution in [0, 0.1) is 5.92 Å². The summed E-state index contributed by atoms with van der Waals surface area (Å²) in [5.41, 5.74) is 5.89. The Balaban J connectivity index is 2.56. The van der Waals surface area contributed by atoms with Crippen molar-refractivity contribution in [1.82, 2.24) is 4.31 Å². The first kappa shape index (κ1) is 13.9. The van der Waals surface area contributed by atoms with Crippen molar-refractivity contribution in [3.8, 4) is 0 Å². The number of sulfonamides is 1. The fraction of sp³-hybridized carbons (Fsp3) is 1.00. The van der Waals surface area contributed by atoms with Crippen LogP contribution in [0.3, 0.4) is 0 Å². The Hall–Kier alpha value is -0.130. The summed E-state index contributed by atoms with van der Waals surface area (Å²) in [6, 6.07) is -0.166. The first-order chi connectivity index (χ1) is 7.51. The monoisotopic (exact) mass is 248 g/mol. The van der Waals surface area contributed by atoms with Gasteiger partial charge in [-0.1, -0.05) is 13.8 Å². The number of nitrogens with zero attached hydrogens (tertiary/aromatic N) is 1.